The lowest BCUT2D eigenvalue weighted by atomic mass is 10.4. The zero-order chi connectivity index (χ0) is 11.5. The van der Waals surface area contributed by atoms with Crippen LogP contribution in [0.1, 0.15) is 4.88 Å². The minimum absolute atomic E-state index is 0.636. The Labute approximate surface area is 111 Å². The number of nitrogens with two attached hydrogens (primary N) is 1. The first kappa shape index (κ1) is 11.7. The summed E-state index contributed by atoms with van der Waals surface area (Å²) < 4.78 is 1.65. The third-order valence-electron chi connectivity index (χ3n) is 1.92. The molecule has 0 aromatic carbocycles. The van der Waals surface area contributed by atoms with Gasteiger partial charge >= 0.3 is 0 Å². The monoisotopic (exact) mass is 317 g/mol. The molecule has 0 saturated carbocycles. The summed E-state index contributed by atoms with van der Waals surface area (Å²) in [6.07, 6.45) is 1.62. The average molecular weight is 319 g/mol. The van der Waals surface area contributed by atoms with Gasteiger partial charge in [0.25, 0.3) is 0 Å². The van der Waals surface area contributed by atoms with Gasteiger partial charge in [-0.1, -0.05) is 11.6 Å². The number of nitrogens with one attached hydrogen (secondary N) is 1. The largest absolute Gasteiger partial charge is 0.397 e. The van der Waals surface area contributed by atoms with Crippen molar-refractivity contribution in [1.29, 1.82) is 0 Å². The highest BCUT2D eigenvalue weighted by Gasteiger charge is 2.03. The molecule has 0 aliphatic rings. The van der Waals surface area contributed by atoms with Crippen molar-refractivity contribution in [3.05, 3.63) is 38.1 Å². The van der Waals surface area contributed by atoms with E-state index in [0.29, 0.717) is 12.2 Å². The van der Waals surface area contributed by atoms with E-state index in [1.165, 1.54) is 0 Å². The topological polar surface area (TPSA) is 50.9 Å². The maximum absolute atomic E-state index is 5.84. The predicted octanol–water partition coefficient (Wildman–Crippen LogP) is 3.75. The minimum Gasteiger partial charge on any atom is -0.397 e. The number of nitrogens with zero attached hydrogens (tertiary/aromatic N) is 1. The Morgan fingerprint density at radius 1 is 1.50 bits per heavy atom. The first-order valence-electron chi connectivity index (χ1n) is 4.54. The van der Waals surface area contributed by atoms with Crippen LogP contribution in [0.15, 0.2) is 28.9 Å². The van der Waals surface area contributed by atoms with Crippen LogP contribution >= 0.6 is 38.9 Å². The summed E-state index contributed by atoms with van der Waals surface area (Å²) in [5.41, 5.74) is 6.24. The summed E-state index contributed by atoms with van der Waals surface area (Å²) in [5.74, 6) is 0.777. The fourth-order valence-electron chi connectivity index (χ4n) is 1.20. The van der Waals surface area contributed by atoms with Crippen molar-refractivity contribution in [2.24, 2.45) is 0 Å². The van der Waals surface area contributed by atoms with E-state index < -0.39 is 0 Å². The molecule has 84 valence electrons. The highest BCUT2D eigenvalue weighted by molar-refractivity contribution is 9.10. The van der Waals surface area contributed by atoms with E-state index in [9.17, 15) is 0 Å². The van der Waals surface area contributed by atoms with Gasteiger partial charge in [0.05, 0.1) is 27.2 Å². The lowest BCUT2D eigenvalue weighted by Crippen LogP contribution is -2.01. The number of pyridine rings is 1. The van der Waals surface area contributed by atoms with Crippen LogP contribution in [-0.2, 0) is 6.54 Å². The van der Waals surface area contributed by atoms with E-state index in [4.69, 9.17) is 17.3 Å². The summed E-state index contributed by atoms with van der Waals surface area (Å²) in [6.45, 7) is 0.701. The molecule has 0 amide bonds. The highest BCUT2D eigenvalue weighted by atomic mass is 79.9. The second-order valence-electron chi connectivity index (χ2n) is 3.16. The summed E-state index contributed by atoms with van der Waals surface area (Å²) in [7, 11) is 0. The Bertz CT molecular complexity index is 501. The molecule has 0 aliphatic carbocycles. The van der Waals surface area contributed by atoms with Crippen molar-refractivity contribution >= 4 is 50.4 Å². The smallest absolute Gasteiger partial charge is 0.140 e. The van der Waals surface area contributed by atoms with E-state index >= 15 is 0 Å². The summed E-state index contributed by atoms with van der Waals surface area (Å²) >= 11 is 10.8. The van der Waals surface area contributed by atoms with Crippen molar-refractivity contribution in [3.63, 3.8) is 0 Å². The van der Waals surface area contributed by atoms with Crippen LogP contribution < -0.4 is 11.1 Å². The number of anilines is 2. The lowest BCUT2D eigenvalue weighted by Gasteiger charge is -2.06. The fourth-order valence-corrected chi connectivity index (χ4v) is 2.73. The molecule has 0 spiro atoms. The van der Waals surface area contributed by atoms with E-state index in [0.717, 1.165) is 19.5 Å². The van der Waals surface area contributed by atoms with Gasteiger partial charge in [-0.2, -0.15) is 0 Å². The average Bonchev–Trinajstić information content (AvgIpc) is 2.63. The molecule has 0 atom stereocenters. The van der Waals surface area contributed by atoms with Crippen LogP contribution in [0.5, 0.6) is 0 Å². The van der Waals surface area contributed by atoms with Crippen LogP contribution in [0.4, 0.5) is 11.5 Å². The molecule has 16 heavy (non-hydrogen) atoms. The lowest BCUT2D eigenvalue weighted by molar-refractivity contribution is 1.13. The maximum Gasteiger partial charge on any atom is 0.140 e. The second kappa shape index (κ2) is 5.03. The number of hydrogen-bond acceptors (Lipinski definition) is 4. The Kier molecular flexibility index (Phi) is 3.68. The van der Waals surface area contributed by atoms with Crippen molar-refractivity contribution < 1.29 is 0 Å². The van der Waals surface area contributed by atoms with Gasteiger partial charge < -0.3 is 11.1 Å². The predicted molar refractivity (Wildman–Crippen MR) is 73.0 cm³/mol. The molecule has 0 saturated heterocycles. The van der Waals surface area contributed by atoms with Crippen LogP contribution in [0.3, 0.4) is 0 Å². The number of halogens is 2. The summed E-state index contributed by atoms with van der Waals surface area (Å²) in [5, 5.41) is 3.21. The minimum atomic E-state index is 0.636. The van der Waals surface area contributed by atoms with Gasteiger partial charge in [-0.05, 0) is 34.1 Å². The van der Waals surface area contributed by atoms with Crippen LogP contribution in [0.2, 0.25) is 4.34 Å². The van der Waals surface area contributed by atoms with Crippen LogP contribution in [0.25, 0.3) is 0 Å². The molecular formula is C10H9BrClN3S. The summed E-state index contributed by atoms with van der Waals surface area (Å²) in [4.78, 5) is 5.35. The molecule has 3 nitrogen and oxygen atoms in total. The summed E-state index contributed by atoms with van der Waals surface area (Å²) in [6, 6.07) is 5.69. The van der Waals surface area contributed by atoms with Gasteiger partial charge in [0.15, 0.2) is 0 Å². The molecule has 0 fully saturated rings. The van der Waals surface area contributed by atoms with Crippen molar-refractivity contribution in [2.45, 2.75) is 6.54 Å². The zero-order valence-electron chi connectivity index (χ0n) is 8.21. The number of hydrogen-bond donors (Lipinski definition) is 2. The highest BCUT2D eigenvalue weighted by Crippen LogP contribution is 2.25. The first-order valence-corrected chi connectivity index (χ1v) is 6.53. The molecule has 6 heteroatoms. The zero-order valence-corrected chi connectivity index (χ0v) is 11.4. The first-order chi connectivity index (χ1) is 7.65. The van der Waals surface area contributed by atoms with Gasteiger partial charge in [-0.3, -0.25) is 0 Å². The Morgan fingerprint density at radius 3 is 2.94 bits per heavy atom. The molecule has 2 aromatic heterocycles. The Hall–Kier alpha value is -0.780. The van der Waals surface area contributed by atoms with E-state index in [-0.39, 0.29) is 0 Å². The van der Waals surface area contributed by atoms with E-state index in [1.54, 1.807) is 17.5 Å². The quantitative estimate of drug-likeness (QED) is 0.906. The number of aromatic nitrogens is 1. The Balaban J connectivity index is 2.04. The van der Waals surface area contributed by atoms with Gasteiger partial charge in [-0.25, -0.2) is 4.98 Å². The SMILES string of the molecule is Nc1cnc(NCc2ccc(Cl)s2)c(Br)c1. The van der Waals surface area contributed by atoms with Crippen LogP contribution in [0, 0.1) is 0 Å². The molecule has 2 aromatic rings. The van der Waals surface area contributed by atoms with E-state index in [1.807, 2.05) is 18.2 Å². The molecule has 2 heterocycles. The maximum atomic E-state index is 5.84. The molecule has 0 unspecified atom stereocenters. The van der Waals surface area contributed by atoms with Crippen LogP contribution in [-0.4, -0.2) is 4.98 Å². The molecule has 0 aliphatic heterocycles. The Morgan fingerprint density at radius 2 is 2.31 bits per heavy atom. The van der Waals surface area contributed by atoms with Crippen molar-refractivity contribution in [3.8, 4) is 0 Å². The molecule has 2 rings (SSSR count). The number of rotatable bonds is 3. The second-order valence-corrected chi connectivity index (χ2v) is 5.81. The molecule has 0 radical (unpaired) electrons. The van der Waals surface area contributed by atoms with Gasteiger partial charge in [0.2, 0.25) is 0 Å². The third kappa shape index (κ3) is 2.87. The number of nitrogen functional groups attached to an aromatic ring is 1. The molecular weight excluding hydrogens is 310 g/mol. The molecule has 3 N–H and O–H groups in total. The van der Waals surface area contributed by atoms with E-state index in [2.05, 4.69) is 26.2 Å². The van der Waals surface area contributed by atoms with Crippen molar-refractivity contribution in [1.82, 2.24) is 4.98 Å². The van der Waals surface area contributed by atoms with Gasteiger partial charge in [-0.15, -0.1) is 11.3 Å². The van der Waals surface area contributed by atoms with Gasteiger partial charge in [0.1, 0.15) is 5.82 Å². The normalized spacial score (nSPS) is 10.4. The number of thiophene rings is 1. The van der Waals surface area contributed by atoms with Gasteiger partial charge in [0, 0.05) is 4.88 Å². The molecule has 0 bridgehead atoms. The third-order valence-corrected chi connectivity index (χ3v) is 3.76. The standard InChI is InChI=1S/C10H9BrClN3S/c11-8-3-6(13)4-14-10(8)15-5-7-1-2-9(12)16-7/h1-4H,5,13H2,(H,14,15). The fraction of sp³-hybridized carbons (Fsp3) is 0.100. The van der Waals surface area contributed by atoms with Crippen molar-refractivity contribution in [2.75, 3.05) is 11.1 Å².